The predicted octanol–water partition coefficient (Wildman–Crippen LogP) is 0.745. The van der Waals surface area contributed by atoms with Crippen LogP contribution in [0.5, 0.6) is 0 Å². The van der Waals surface area contributed by atoms with Crippen LogP contribution in [0.1, 0.15) is 13.8 Å². The number of hydrogen-bond acceptors (Lipinski definition) is 6. The van der Waals surface area contributed by atoms with Crippen LogP contribution in [0.2, 0.25) is 0 Å². The van der Waals surface area contributed by atoms with Gasteiger partial charge in [-0.3, -0.25) is 10.1 Å². The van der Waals surface area contributed by atoms with Gasteiger partial charge < -0.3 is 10.5 Å². The van der Waals surface area contributed by atoms with Crippen LogP contribution in [0.4, 0.5) is 10.5 Å². The first-order chi connectivity index (χ1) is 9.63. The Morgan fingerprint density at radius 3 is 2.29 bits per heavy atom. The molecule has 3 N–H and O–H groups in total. The number of nitrogens with one attached hydrogen (secondary N) is 1. The number of ether oxygens (including phenoxy) is 1. The molecule has 0 heterocycles. The highest BCUT2D eigenvalue weighted by molar-refractivity contribution is 7.89. The highest BCUT2D eigenvalue weighted by atomic mass is 32.2. The molecule has 1 rings (SSSR count). The van der Waals surface area contributed by atoms with E-state index in [1.807, 2.05) is 0 Å². The zero-order chi connectivity index (χ0) is 16.2. The van der Waals surface area contributed by atoms with Crippen LogP contribution < -0.4 is 10.5 Å². The quantitative estimate of drug-likeness (QED) is 0.585. The third-order valence-corrected chi connectivity index (χ3v) is 4.28. The maximum atomic E-state index is 12.1. The van der Waals surface area contributed by atoms with Crippen molar-refractivity contribution < 1.29 is 22.9 Å². The minimum absolute atomic E-state index is 0.133. The largest absolute Gasteiger partial charge is 0.445 e. The first-order valence-corrected chi connectivity index (χ1v) is 7.34. The Hall–Kier alpha value is -2.20. The lowest BCUT2D eigenvalue weighted by Crippen LogP contribution is -2.42. The molecule has 1 aromatic rings. The van der Waals surface area contributed by atoms with Crippen molar-refractivity contribution >= 4 is 21.8 Å². The average Bonchev–Trinajstić information content (AvgIpc) is 2.37. The lowest BCUT2D eigenvalue weighted by Gasteiger charge is -2.20. The Morgan fingerprint density at radius 2 is 1.86 bits per heavy atom. The van der Waals surface area contributed by atoms with Crippen LogP contribution in [0.25, 0.3) is 0 Å². The molecule has 9 nitrogen and oxygen atoms in total. The number of primary amides is 1. The minimum Gasteiger partial charge on any atom is -0.445 e. The van der Waals surface area contributed by atoms with Gasteiger partial charge in [-0.1, -0.05) is 0 Å². The number of sulfonamides is 1. The van der Waals surface area contributed by atoms with E-state index < -0.39 is 33.2 Å². The van der Waals surface area contributed by atoms with Crippen molar-refractivity contribution in [1.29, 1.82) is 0 Å². The van der Waals surface area contributed by atoms with Crippen LogP contribution >= 0.6 is 0 Å². The molecule has 0 aliphatic heterocycles. The van der Waals surface area contributed by atoms with Crippen molar-refractivity contribution in [1.82, 2.24) is 4.72 Å². The molecule has 0 bridgehead atoms. The van der Waals surface area contributed by atoms with E-state index in [9.17, 15) is 23.3 Å². The molecule has 1 aromatic carbocycles. The molecule has 0 aliphatic carbocycles. The molecular formula is C11H15N3O6S. The Kier molecular flexibility index (Phi) is 5.22. The fourth-order valence-corrected chi connectivity index (χ4v) is 2.75. The molecule has 2 atom stereocenters. The van der Waals surface area contributed by atoms with E-state index >= 15 is 0 Å². The summed E-state index contributed by atoms with van der Waals surface area (Å²) in [6.07, 6.45) is -1.78. The van der Waals surface area contributed by atoms with Crippen LogP contribution in [0.3, 0.4) is 0 Å². The van der Waals surface area contributed by atoms with Crippen LogP contribution in [-0.2, 0) is 14.8 Å². The van der Waals surface area contributed by atoms with Crippen molar-refractivity contribution in [2.75, 3.05) is 0 Å². The molecule has 0 spiro atoms. The second-order valence-electron chi connectivity index (χ2n) is 4.30. The average molecular weight is 317 g/mol. The van der Waals surface area contributed by atoms with Crippen molar-refractivity contribution in [2.24, 2.45) is 5.73 Å². The van der Waals surface area contributed by atoms with Gasteiger partial charge in [0.25, 0.3) is 5.69 Å². The number of hydrogen-bond donors (Lipinski definition) is 2. The minimum atomic E-state index is -3.89. The van der Waals surface area contributed by atoms with Crippen molar-refractivity contribution in [3.05, 3.63) is 34.4 Å². The van der Waals surface area contributed by atoms with Gasteiger partial charge in [-0.2, -0.15) is 0 Å². The first-order valence-electron chi connectivity index (χ1n) is 5.86. The van der Waals surface area contributed by atoms with E-state index in [-0.39, 0.29) is 10.6 Å². The van der Waals surface area contributed by atoms with Crippen LogP contribution in [-0.4, -0.2) is 31.6 Å². The van der Waals surface area contributed by atoms with E-state index in [1.165, 1.54) is 13.8 Å². The number of nitro groups is 1. The van der Waals surface area contributed by atoms with Crippen LogP contribution in [0.15, 0.2) is 29.2 Å². The maximum absolute atomic E-state index is 12.1. The molecule has 0 saturated carbocycles. The normalized spacial score (nSPS) is 14.2. The van der Waals surface area contributed by atoms with E-state index in [0.717, 1.165) is 24.3 Å². The second kappa shape index (κ2) is 6.50. The van der Waals surface area contributed by atoms with E-state index in [1.54, 1.807) is 0 Å². The predicted molar refractivity (Wildman–Crippen MR) is 73.0 cm³/mol. The zero-order valence-corrected chi connectivity index (χ0v) is 12.2. The first kappa shape index (κ1) is 16.9. The summed E-state index contributed by atoms with van der Waals surface area (Å²) in [4.78, 5) is 20.4. The molecule has 21 heavy (non-hydrogen) atoms. The smallest absolute Gasteiger partial charge is 0.404 e. The zero-order valence-electron chi connectivity index (χ0n) is 11.3. The third kappa shape index (κ3) is 4.68. The van der Waals surface area contributed by atoms with Gasteiger partial charge in [0.1, 0.15) is 6.10 Å². The number of rotatable bonds is 6. The third-order valence-electron chi connectivity index (χ3n) is 2.71. The Labute approximate surface area is 121 Å². The summed E-state index contributed by atoms with van der Waals surface area (Å²) in [5.41, 5.74) is 4.63. The summed E-state index contributed by atoms with van der Waals surface area (Å²) in [6, 6.07) is 3.68. The molecule has 10 heteroatoms. The standard InChI is InChI=1S/C11H15N3O6S/c1-7(8(2)20-11(12)15)13-21(18,19)10-5-3-9(4-6-10)14(16)17/h3-8,13H,1-2H3,(H2,12,15)/t7-,8-/m0/s1. The number of nitro benzene ring substituents is 1. The number of non-ortho nitro benzene ring substituents is 1. The molecule has 0 aliphatic rings. The van der Waals surface area contributed by atoms with Gasteiger partial charge in [0.15, 0.2) is 0 Å². The SMILES string of the molecule is C[C@H](NS(=O)(=O)c1ccc([N+](=O)[O-])cc1)[C@H](C)OC(N)=O. The molecule has 1 amide bonds. The van der Waals surface area contributed by atoms with Gasteiger partial charge >= 0.3 is 6.09 Å². The summed E-state index contributed by atoms with van der Waals surface area (Å²) in [5, 5.41) is 10.5. The van der Waals surface area contributed by atoms with Gasteiger partial charge in [0, 0.05) is 12.1 Å². The molecule has 116 valence electrons. The number of carbonyl (C=O) groups is 1. The summed E-state index contributed by atoms with van der Waals surface area (Å²) in [6.45, 7) is 2.98. The van der Waals surface area contributed by atoms with Crippen molar-refractivity contribution in [3.8, 4) is 0 Å². The number of carbonyl (C=O) groups excluding carboxylic acids is 1. The summed E-state index contributed by atoms with van der Waals surface area (Å²) >= 11 is 0. The molecule has 0 radical (unpaired) electrons. The lowest BCUT2D eigenvalue weighted by molar-refractivity contribution is -0.384. The van der Waals surface area contributed by atoms with Gasteiger partial charge in [0.05, 0.1) is 15.9 Å². The summed E-state index contributed by atoms with van der Waals surface area (Å²) in [5.74, 6) is 0. The molecule has 0 aromatic heterocycles. The van der Waals surface area contributed by atoms with Gasteiger partial charge in [-0.05, 0) is 26.0 Å². The fourth-order valence-electron chi connectivity index (χ4n) is 1.44. The maximum Gasteiger partial charge on any atom is 0.404 e. The molecule has 0 fully saturated rings. The highest BCUT2D eigenvalue weighted by Crippen LogP contribution is 2.16. The van der Waals surface area contributed by atoms with E-state index in [2.05, 4.69) is 9.46 Å². The summed E-state index contributed by atoms with van der Waals surface area (Å²) in [7, 11) is -3.89. The van der Waals surface area contributed by atoms with Gasteiger partial charge in [-0.15, -0.1) is 0 Å². The monoisotopic (exact) mass is 317 g/mol. The number of nitrogens with two attached hydrogens (primary N) is 1. The number of amides is 1. The van der Waals surface area contributed by atoms with Crippen LogP contribution in [0, 0.1) is 10.1 Å². The number of nitrogens with zero attached hydrogens (tertiary/aromatic N) is 1. The fraction of sp³-hybridized carbons (Fsp3) is 0.364. The Morgan fingerprint density at radius 1 is 1.33 bits per heavy atom. The molecule has 0 saturated heterocycles. The topological polar surface area (TPSA) is 142 Å². The molecular weight excluding hydrogens is 302 g/mol. The van der Waals surface area contributed by atoms with Gasteiger partial charge in [-0.25, -0.2) is 17.9 Å². The van der Waals surface area contributed by atoms with Crippen molar-refractivity contribution in [3.63, 3.8) is 0 Å². The highest BCUT2D eigenvalue weighted by Gasteiger charge is 2.23. The second-order valence-corrected chi connectivity index (χ2v) is 6.02. The summed E-state index contributed by atoms with van der Waals surface area (Å²) < 4.78 is 31.1. The van der Waals surface area contributed by atoms with E-state index in [4.69, 9.17) is 5.73 Å². The molecule has 0 unspecified atom stereocenters. The number of benzene rings is 1. The lowest BCUT2D eigenvalue weighted by atomic mass is 10.2. The van der Waals surface area contributed by atoms with Crippen molar-refractivity contribution in [2.45, 2.75) is 30.9 Å². The Bertz CT molecular complexity index is 628. The Balaban J connectivity index is 2.86. The van der Waals surface area contributed by atoms with Gasteiger partial charge in [0.2, 0.25) is 10.0 Å². The van der Waals surface area contributed by atoms with E-state index in [0.29, 0.717) is 0 Å².